The van der Waals surface area contributed by atoms with E-state index in [4.69, 9.17) is 5.26 Å². The molecule has 0 aliphatic heterocycles. The van der Waals surface area contributed by atoms with Crippen molar-refractivity contribution in [1.29, 1.82) is 5.26 Å². The maximum atomic E-state index is 12.5. The van der Waals surface area contributed by atoms with Gasteiger partial charge in [0.25, 0.3) is 0 Å². The first-order valence-electron chi connectivity index (χ1n) is 3.12. The minimum absolute atomic E-state index is 0.191. The number of halogens is 1. The minimum Gasteiger partial charge on any atom is -0.211 e. The fourth-order valence-corrected chi connectivity index (χ4v) is 0.985. The van der Waals surface area contributed by atoms with Gasteiger partial charge in [-0.3, -0.25) is 0 Å². The van der Waals surface area contributed by atoms with Crippen LogP contribution in [0.2, 0.25) is 0 Å². The molecule has 0 radical (unpaired) electrons. The molecule has 2 heteroatoms. The van der Waals surface area contributed by atoms with Gasteiger partial charge in [-0.05, 0) is 19.3 Å². The first-order chi connectivity index (χ1) is 4.34. The van der Waals surface area contributed by atoms with E-state index < -0.39 is 0 Å². The number of nitriles is 1. The quantitative estimate of drug-likeness (QED) is 0.487. The van der Waals surface area contributed by atoms with Crippen LogP contribution >= 0.6 is 0 Å². The molecule has 1 aliphatic rings. The average Bonchev–Trinajstić information content (AvgIpc) is 1.89. The third-order valence-electron chi connectivity index (χ3n) is 1.54. The van der Waals surface area contributed by atoms with Crippen molar-refractivity contribution >= 4 is 0 Å². The highest BCUT2D eigenvalue weighted by molar-refractivity contribution is 5.25. The Morgan fingerprint density at radius 1 is 1.33 bits per heavy atom. The smallest absolute Gasteiger partial charge is 0.114 e. The van der Waals surface area contributed by atoms with E-state index in [2.05, 4.69) is 0 Å². The molecular formula is C7H8FN. The van der Waals surface area contributed by atoms with Crippen LogP contribution in [-0.4, -0.2) is 0 Å². The average molecular weight is 125 g/mol. The Kier molecular flexibility index (Phi) is 1.84. The van der Waals surface area contributed by atoms with Crippen LogP contribution in [0.4, 0.5) is 4.39 Å². The fourth-order valence-electron chi connectivity index (χ4n) is 0.985. The van der Waals surface area contributed by atoms with E-state index >= 15 is 0 Å². The molecule has 0 fully saturated rings. The van der Waals surface area contributed by atoms with E-state index in [9.17, 15) is 4.39 Å². The Hall–Kier alpha value is -0.840. The minimum atomic E-state index is -0.191. The lowest BCUT2D eigenvalue weighted by Gasteiger charge is -2.07. The summed E-state index contributed by atoms with van der Waals surface area (Å²) in [6.07, 6.45) is 2.98. The molecule has 0 saturated carbocycles. The predicted octanol–water partition coefficient (Wildman–Crippen LogP) is 2.31. The first kappa shape index (κ1) is 6.28. The molecular weight excluding hydrogens is 117 g/mol. The van der Waals surface area contributed by atoms with Gasteiger partial charge in [-0.25, -0.2) is 4.39 Å². The second-order valence-corrected chi connectivity index (χ2v) is 2.20. The van der Waals surface area contributed by atoms with Crippen LogP contribution in [0.5, 0.6) is 0 Å². The van der Waals surface area contributed by atoms with Gasteiger partial charge in [0.05, 0.1) is 11.6 Å². The van der Waals surface area contributed by atoms with Crippen LogP contribution < -0.4 is 0 Å². The van der Waals surface area contributed by atoms with Crippen molar-refractivity contribution in [3.05, 3.63) is 11.4 Å². The molecule has 0 bridgehead atoms. The van der Waals surface area contributed by atoms with Crippen LogP contribution in [-0.2, 0) is 0 Å². The number of hydrogen-bond acceptors (Lipinski definition) is 1. The number of rotatable bonds is 0. The number of allylic oxidation sites excluding steroid dienone is 2. The van der Waals surface area contributed by atoms with E-state index in [0.717, 1.165) is 12.8 Å². The number of hydrogen-bond donors (Lipinski definition) is 0. The Morgan fingerprint density at radius 2 is 2.00 bits per heavy atom. The molecule has 9 heavy (non-hydrogen) atoms. The Labute approximate surface area is 53.8 Å². The van der Waals surface area contributed by atoms with E-state index in [-0.39, 0.29) is 5.83 Å². The zero-order valence-electron chi connectivity index (χ0n) is 5.15. The molecule has 0 spiro atoms. The molecule has 0 heterocycles. The standard InChI is InChI=1S/C7H8FN/c8-7-4-2-1-3-6(7)5-9/h1-4H2. The Bertz CT molecular complexity index is 176. The lowest BCUT2D eigenvalue weighted by atomic mass is 10.00. The zero-order valence-corrected chi connectivity index (χ0v) is 5.15. The third kappa shape index (κ3) is 1.29. The summed E-state index contributed by atoms with van der Waals surface area (Å²) in [4.78, 5) is 0. The lowest BCUT2D eigenvalue weighted by molar-refractivity contribution is 0.523. The second-order valence-electron chi connectivity index (χ2n) is 2.20. The van der Waals surface area contributed by atoms with Crippen molar-refractivity contribution in [2.24, 2.45) is 0 Å². The molecule has 1 rings (SSSR count). The third-order valence-corrected chi connectivity index (χ3v) is 1.54. The molecule has 0 N–H and O–H groups in total. The summed E-state index contributed by atoms with van der Waals surface area (Å²) in [7, 11) is 0. The van der Waals surface area contributed by atoms with Gasteiger partial charge < -0.3 is 0 Å². The largest absolute Gasteiger partial charge is 0.211 e. The summed E-state index contributed by atoms with van der Waals surface area (Å²) in [6.45, 7) is 0. The van der Waals surface area contributed by atoms with Crippen LogP contribution in [0.15, 0.2) is 11.4 Å². The summed E-state index contributed by atoms with van der Waals surface area (Å²) in [5, 5.41) is 8.31. The van der Waals surface area contributed by atoms with Gasteiger partial charge in [0, 0.05) is 6.42 Å². The second kappa shape index (κ2) is 2.63. The summed E-state index contributed by atoms with van der Waals surface area (Å²) < 4.78 is 12.5. The summed E-state index contributed by atoms with van der Waals surface area (Å²) in [5.41, 5.74) is 0.362. The van der Waals surface area contributed by atoms with Crippen molar-refractivity contribution < 1.29 is 4.39 Å². The SMILES string of the molecule is N#CC1=C(F)CCCC1. The molecule has 0 atom stereocenters. The molecule has 0 amide bonds. The molecule has 0 aromatic carbocycles. The van der Waals surface area contributed by atoms with Crippen LogP contribution in [0.1, 0.15) is 25.7 Å². The maximum Gasteiger partial charge on any atom is 0.114 e. The first-order valence-corrected chi connectivity index (χ1v) is 3.12. The van der Waals surface area contributed by atoms with Gasteiger partial charge in [-0.2, -0.15) is 5.26 Å². The van der Waals surface area contributed by atoms with E-state index in [0.29, 0.717) is 18.4 Å². The molecule has 48 valence electrons. The molecule has 0 aromatic heterocycles. The van der Waals surface area contributed by atoms with Crippen molar-refractivity contribution in [2.75, 3.05) is 0 Å². The highest BCUT2D eigenvalue weighted by atomic mass is 19.1. The fraction of sp³-hybridized carbons (Fsp3) is 0.571. The molecule has 0 aromatic rings. The normalized spacial score (nSPS) is 19.6. The van der Waals surface area contributed by atoms with Gasteiger partial charge in [0.1, 0.15) is 5.83 Å². The molecule has 1 aliphatic carbocycles. The van der Waals surface area contributed by atoms with E-state index in [1.54, 1.807) is 0 Å². The van der Waals surface area contributed by atoms with E-state index in [1.165, 1.54) is 0 Å². The highest BCUT2D eigenvalue weighted by Gasteiger charge is 2.10. The molecule has 1 nitrogen and oxygen atoms in total. The van der Waals surface area contributed by atoms with Crippen LogP contribution in [0.3, 0.4) is 0 Å². The van der Waals surface area contributed by atoms with Gasteiger partial charge in [0.2, 0.25) is 0 Å². The van der Waals surface area contributed by atoms with Gasteiger partial charge in [-0.15, -0.1) is 0 Å². The lowest BCUT2D eigenvalue weighted by Crippen LogP contribution is -1.93. The zero-order chi connectivity index (χ0) is 6.69. The summed E-state index contributed by atoms with van der Waals surface area (Å²) in [6, 6.07) is 1.86. The van der Waals surface area contributed by atoms with Gasteiger partial charge in [0.15, 0.2) is 0 Å². The number of nitrogens with zero attached hydrogens (tertiary/aromatic N) is 1. The van der Waals surface area contributed by atoms with Gasteiger partial charge in [-0.1, -0.05) is 0 Å². The Balaban J connectivity index is 2.74. The molecule has 0 saturated heterocycles. The van der Waals surface area contributed by atoms with Gasteiger partial charge >= 0.3 is 0 Å². The monoisotopic (exact) mass is 125 g/mol. The van der Waals surface area contributed by atoms with E-state index in [1.807, 2.05) is 6.07 Å². The predicted molar refractivity (Wildman–Crippen MR) is 32.2 cm³/mol. The molecule has 0 unspecified atom stereocenters. The summed E-state index contributed by atoms with van der Waals surface area (Å²) >= 11 is 0. The Morgan fingerprint density at radius 3 is 2.44 bits per heavy atom. The van der Waals surface area contributed by atoms with Crippen molar-refractivity contribution in [3.63, 3.8) is 0 Å². The van der Waals surface area contributed by atoms with Crippen molar-refractivity contribution in [3.8, 4) is 6.07 Å². The summed E-state index contributed by atoms with van der Waals surface area (Å²) in [5.74, 6) is -0.191. The van der Waals surface area contributed by atoms with Crippen molar-refractivity contribution in [2.45, 2.75) is 25.7 Å². The topological polar surface area (TPSA) is 23.8 Å². The van der Waals surface area contributed by atoms with Crippen molar-refractivity contribution in [1.82, 2.24) is 0 Å². The van der Waals surface area contributed by atoms with Crippen LogP contribution in [0, 0.1) is 11.3 Å². The highest BCUT2D eigenvalue weighted by Crippen LogP contribution is 2.24. The maximum absolute atomic E-state index is 12.5. The van der Waals surface area contributed by atoms with Crippen LogP contribution in [0.25, 0.3) is 0 Å².